The van der Waals surface area contributed by atoms with Crippen molar-refractivity contribution in [2.24, 2.45) is 0 Å². The van der Waals surface area contributed by atoms with Gasteiger partial charge >= 0.3 is 5.97 Å². The number of allylic oxidation sites excluding steroid dienone is 1. The van der Waals surface area contributed by atoms with Crippen molar-refractivity contribution >= 4 is 17.0 Å². The van der Waals surface area contributed by atoms with Crippen LogP contribution in [0.5, 0.6) is 0 Å². The van der Waals surface area contributed by atoms with E-state index >= 15 is 0 Å². The number of imidazole rings is 1. The second kappa shape index (κ2) is 7.09. The predicted molar refractivity (Wildman–Crippen MR) is 72.6 cm³/mol. The zero-order valence-electron chi connectivity index (χ0n) is 11.3. The molecule has 2 aromatic rings. The largest absolute Gasteiger partial charge is 1.00 e. The van der Waals surface area contributed by atoms with Gasteiger partial charge in [-0.2, -0.15) is 0 Å². The second-order valence-electron chi connectivity index (χ2n) is 4.10. The minimum atomic E-state index is -0.331. The van der Waals surface area contributed by atoms with Crippen LogP contribution in [0.15, 0.2) is 36.9 Å². The number of benzene rings is 1. The molecule has 1 heterocycles. The van der Waals surface area contributed by atoms with Gasteiger partial charge in [0.25, 0.3) is 0 Å². The summed E-state index contributed by atoms with van der Waals surface area (Å²) >= 11 is 0. The molecular weight excluding hydrogens is 322 g/mol. The van der Waals surface area contributed by atoms with Crippen LogP contribution in [0.3, 0.4) is 0 Å². The van der Waals surface area contributed by atoms with Gasteiger partial charge in [0, 0.05) is 6.54 Å². The third-order valence-corrected chi connectivity index (χ3v) is 2.88. The van der Waals surface area contributed by atoms with Crippen LogP contribution in [0, 0.1) is 5.41 Å². The number of halogens is 1. The van der Waals surface area contributed by atoms with Gasteiger partial charge in [0.05, 0.1) is 17.6 Å². The molecule has 0 aliphatic rings. The van der Waals surface area contributed by atoms with E-state index in [4.69, 9.17) is 10.1 Å². The first-order chi connectivity index (χ1) is 9.19. The Labute approximate surface area is 127 Å². The van der Waals surface area contributed by atoms with Crippen LogP contribution in [0.2, 0.25) is 0 Å². The third kappa shape index (κ3) is 3.01. The van der Waals surface area contributed by atoms with E-state index in [0.29, 0.717) is 13.2 Å². The molecule has 0 atom stereocenters. The number of aromatic nitrogens is 2. The number of nitrogens with zero attached hydrogens (tertiary/aromatic N) is 2. The van der Waals surface area contributed by atoms with Crippen molar-refractivity contribution in [3.63, 3.8) is 0 Å². The number of ether oxygens (including phenoxy) is 1. The van der Waals surface area contributed by atoms with Gasteiger partial charge in [-0.3, -0.25) is 14.8 Å². The Balaban J connectivity index is 0.00000200. The average Bonchev–Trinajstić information content (AvgIpc) is 2.66. The van der Waals surface area contributed by atoms with Crippen LogP contribution in [-0.2, 0) is 22.6 Å². The summed E-state index contributed by atoms with van der Waals surface area (Å²) in [5.41, 5.74) is 2.04. The lowest BCUT2D eigenvalue weighted by molar-refractivity contribution is -0.143. The molecule has 2 rings (SSSR count). The number of hydrogen-bond acceptors (Lipinski definition) is 3. The Kier molecular flexibility index (Phi) is 5.76. The first-order valence-electron chi connectivity index (χ1n) is 6.18. The Morgan fingerprint density at radius 2 is 1.95 bits per heavy atom. The Morgan fingerprint density at radius 3 is 2.50 bits per heavy atom. The number of nitrogens with one attached hydrogen (secondary N) is 1. The summed E-state index contributed by atoms with van der Waals surface area (Å²) in [6.45, 7) is 6.40. The van der Waals surface area contributed by atoms with Gasteiger partial charge in [0.15, 0.2) is 0 Å². The van der Waals surface area contributed by atoms with E-state index in [1.54, 1.807) is 17.6 Å². The van der Waals surface area contributed by atoms with E-state index in [1.165, 1.54) is 0 Å². The summed E-state index contributed by atoms with van der Waals surface area (Å²) < 4.78 is 8.40. The van der Waals surface area contributed by atoms with Crippen LogP contribution in [0.4, 0.5) is 0 Å². The lowest BCUT2D eigenvalue weighted by Crippen LogP contribution is -3.00. The number of hydrogen-bond donors (Lipinski definition) is 1. The number of rotatable bonds is 5. The van der Waals surface area contributed by atoms with Crippen molar-refractivity contribution < 1.29 is 26.5 Å². The first-order valence-corrected chi connectivity index (χ1v) is 6.18. The number of para-hydroxylation sites is 2. The van der Waals surface area contributed by atoms with Gasteiger partial charge in [0.1, 0.15) is 6.54 Å². The molecule has 0 fully saturated rings. The van der Waals surface area contributed by atoms with Gasteiger partial charge in [-0.05, 0) is 19.1 Å². The summed E-state index contributed by atoms with van der Waals surface area (Å²) in [5, 5.41) is 8.17. The number of esters is 1. The van der Waals surface area contributed by atoms with Crippen LogP contribution in [0.1, 0.15) is 6.92 Å². The topological polar surface area (TPSA) is 60.0 Å². The summed E-state index contributed by atoms with van der Waals surface area (Å²) in [7, 11) is 0. The van der Waals surface area contributed by atoms with Crippen molar-refractivity contribution in [1.29, 1.82) is 5.41 Å². The number of carbonyl (C=O) groups is 1. The van der Waals surface area contributed by atoms with Crippen LogP contribution >= 0.6 is 0 Å². The van der Waals surface area contributed by atoms with Crippen molar-refractivity contribution in [2.45, 2.75) is 20.0 Å². The quantitative estimate of drug-likeness (QED) is 0.542. The van der Waals surface area contributed by atoms with Crippen molar-refractivity contribution in [3.05, 3.63) is 42.5 Å². The number of carbonyl (C=O) groups excluding carboxylic acids is 1. The molecule has 0 unspecified atom stereocenters. The molecular formula is C14H17BrN3O2-. The lowest BCUT2D eigenvalue weighted by Gasteiger charge is -2.04. The van der Waals surface area contributed by atoms with E-state index in [0.717, 1.165) is 11.0 Å². The van der Waals surface area contributed by atoms with E-state index in [1.807, 2.05) is 28.8 Å². The first kappa shape index (κ1) is 16.2. The molecule has 108 valence electrons. The molecule has 0 bridgehead atoms. The fraction of sp³-hybridized carbons (Fsp3) is 0.286. The Morgan fingerprint density at radius 1 is 1.35 bits per heavy atom. The predicted octanol–water partition coefficient (Wildman–Crippen LogP) is -1.32. The lowest BCUT2D eigenvalue weighted by atomic mass is 10.3. The maximum absolute atomic E-state index is 11.6. The van der Waals surface area contributed by atoms with Gasteiger partial charge in [-0.15, -0.1) is 6.58 Å². The fourth-order valence-electron chi connectivity index (χ4n) is 2.10. The second-order valence-corrected chi connectivity index (χ2v) is 4.10. The average molecular weight is 339 g/mol. The third-order valence-electron chi connectivity index (χ3n) is 2.88. The highest BCUT2D eigenvalue weighted by Crippen LogP contribution is 2.12. The van der Waals surface area contributed by atoms with Crippen LogP contribution < -0.4 is 22.6 Å². The summed E-state index contributed by atoms with van der Waals surface area (Å²) in [4.78, 5) is 11.6. The minimum Gasteiger partial charge on any atom is -1.00 e. The van der Waals surface area contributed by atoms with Crippen molar-refractivity contribution in [3.8, 4) is 0 Å². The number of fused-ring (bicyclic) bond motifs is 1. The molecule has 0 radical (unpaired) electrons. The van der Waals surface area contributed by atoms with E-state index in [9.17, 15) is 4.79 Å². The fourth-order valence-corrected chi connectivity index (χ4v) is 2.10. The van der Waals surface area contributed by atoms with E-state index in [-0.39, 0.29) is 35.1 Å². The highest BCUT2D eigenvalue weighted by Gasteiger charge is 2.12. The molecule has 0 aliphatic heterocycles. The van der Waals surface area contributed by atoms with Crippen LogP contribution in [0.25, 0.3) is 11.0 Å². The maximum atomic E-state index is 11.6. The minimum absolute atomic E-state index is 0. The molecule has 6 heteroatoms. The van der Waals surface area contributed by atoms with Gasteiger partial charge in [-0.25, -0.2) is 0 Å². The summed E-state index contributed by atoms with van der Waals surface area (Å²) in [6.07, 6.45) is 1.74. The molecule has 0 spiro atoms. The Bertz CT molecular complexity index is 673. The highest BCUT2D eigenvalue weighted by atomic mass is 79.9. The molecule has 5 nitrogen and oxygen atoms in total. The smallest absolute Gasteiger partial charge is 0.326 e. The van der Waals surface area contributed by atoms with Crippen LogP contribution in [-0.4, -0.2) is 21.7 Å². The van der Waals surface area contributed by atoms with E-state index < -0.39 is 0 Å². The molecule has 1 aromatic carbocycles. The summed E-state index contributed by atoms with van der Waals surface area (Å²) in [5.74, 6) is -0.331. The Hall–Kier alpha value is -1.82. The molecule has 0 saturated heterocycles. The van der Waals surface area contributed by atoms with Gasteiger partial charge < -0.3 is 26.3 Å². The molecule has 20 heavy (non-hydrogen) atoms. The summed E-state index contributed by atoms with van der Waals surface area (Å²) in [6, 6.07) is 7.63. The molecule has 1 aromatic heterocycles. The zero-order chi connectivity index (χ0) is 13.8. The molecule has 0 aliphatic carbocycles. The van der Waals surface area contributed by atoms with Gasteiger partial charge in [-0.1, -0.05) is 18.2 Å². The van der Waals surface area contributed by atoms with Crippen molar-refractivity contribution in [2.75, 3.05) is 6.61 Å². The van der Waals surface area contributed by atoms with Gasteiger partial charge in [0.2, 0.25) is 5.62 Å². The zero-order valence-corrected chi connectivity index (χ0v) is 12.9. The van der Waals surface area contributed by atoms with Crippen molar-refractivity contribution in [1.82, 2.24) is 9.13 Å². The van der Waals surface area contributed by atoms with E-state index in [2.05, 4.69) is 6.58 Å². The SMILES string of the molecule is C=CCn1c(=N)n(CC(=O)OCC)c2ccccc21.[Br-]. The monoisotopic (exact) mass is 338 g/mol. The molecule has 0 amide bonds. The molecule has 1 N–H and O–H groups in total. The standard InChI is InChI=1S/C14H17N3O2.BrH/c1-3-9-16-11-7-5-6-8-12(11)17(14(16)15)10-13(18)19-4-2;/h3,5-8,15H,1,4,9-10H2,2H3;1H/p-1. The normalized spacial score (nSPS) is 10.1. The maximum Gasteiger partial charge on any atom is 0.326 e. The molecule has 0 saturated carbocycles. The highest BCUT2D eigenvalue weighted by molar-refractivity contribution is 5.78.